The number of aliphatic carboxylic acids is 1. The molecule has 5 nitrogen and oxygen atoms in total. The number of carboxylic acids is 1. The van der Waals surface area contributed by atoms with Crippen LogP contribution >= 0.6 is 0 Å². The van der Waals surface area contributed by atoms with Crippen molar-refractivity contribution >= 4 is 11.9 Å². The molecule has 0 aliphatic carbocycles. The summed E-state index contributed by atoms with van der Waals surface area (Å²) in [7, 11) is 1.36. The maximum Gasteiger partial charge on any atom is 0.306 e. The second kappa shape index (κ2) is 6.70. The van der Waals surface area contributed by atoms with Gasteiger partial charge in [0.25, 0.3) is 5.91 Å². The van der Waals surface area contributed by atoms with Crippen LogP contribution in [0.4, 0.5) is 4.39 Å². The summed E-state index contributed by atoms with van der Waals surface area (Å²) in [5.74, 6) is -1.99. The molecule has 1 atom stereocenters. The Hall–Kier alpha value is -1.95. The van der Waals surface area contributed by atoms with E-state index in [-0.39, 0.29) is 18.5 Å². The summed E-state index contributed by atoms with van der Waals surface area (Å²) in [6.07, 6.45) is -0.820. The van der Waals surface area contributed by atoms with E-state index in [1.165, 1.54) is 25.3 Å². The molecule has 0 radical (unpaired) electrons. The average molecular weight is 255 g/mol. The Kier molecular flexibility index (Phi) is 5.26. The van der Waals surface area contributed by atoms with Crippen molar-refractivity contribution in [3.63, 3.8) is 0 Å². The van der Waals surface area contributed by atoms with Crippen LogP contribution in [0, 0.1) is 5.82 Å². The fourth-order valence-corrected chi connectivity index (χ4v) is 1.37. The molecule has 0 fully saturated rings. The van der Waals surface area contributed by atoms with E-state index in [1.807, 2.05) is 0 Å². The van der Waals surface area contributed by atoms with Gasteiger partial charge in [0, 0.05) is 19.2 Å². The van der Waals surface area contributed by atoms with E-state index < -0.39 is 23.8 Å². The fourth-order valence-electron chi connectivity index (χ4n) is 1.37. The summed E-state index contributed by atoms with van der Waals surface area (Å²) in [4.78, 5) is 22.1. The largest absolute Gasteiger partial charge is 0.481 e. The van der Waals surface area contributed by atoms with E-state index in [0.717, 1.165) is 6.07 Å². The predicted octanol–water partition coefficient (Wildman–Crippen LogP) is 1.05. The highest BCUT2D eigenvalue weighted by atomic mass is 19.1. The summed E-state index contributed by atoms with van der Waals surface area (Å²) < 4.78 is 17.8. The Morgan fingerprint density at radius 3 is 2.78 bits per heavy atom. The number of amides is 1. The SMILES string of the molecule is COC(CNC(=O)c1cccc(F)c1)CC(=O)O. The van der Waals surface area contributed by atoms with Gasteiger partial charge in [-0.15, -0.1) is 0 Å². The maximum atomic E-state index is 12.9. The molecule has 0 aliphatic rings. The van der Waals surface area contributed by atoms with Crippen molar-refractivity contribution < 1.29 is 23.8 Å². The van der Waals surface area contributed by atoms with Crippen molar-refractivity contribution in [1.82, 2.24) is 5.32 Å². The molecule has 0 spiro atoms. The monoisotopic (exact) mass is 255 g/mol. The number of benzene rings is 1. The molecule has 1 rings (SSSR count). The Labute approximate surface area is 104 Å². The quantitative estimate of drug-likeness (QED) is 0.796. The van der Waals surface area contributed by atoms with Crippen LogP contribution in [0.5, 0.6) is 0 Å². The molecule has 18 heavy (non-hydrogen) atoms. The standard InChI is InChI=1S/C12H14FNO4/c1-18-10(6-11(15)16)7-14-12(17)8-3-2-4-9(13)5-8/h2-5,10H,6-7H2,1H3,(H,14,17)(H,15,16). The number of hydrogen-bond donors (Lipinski definition) is 2. The molecule has 1 aromatic rings. The van der Waals surface area contributed by atoms with Gasteiger partial charge >= 0.3 is 5.97 Å². The zero-order chi connectivity index (χ0) is 13.5. The van der Waals surface area contributed by atoms with Gasteiger partial charge in [-0.2, -0.15) is 0 Å². The summed E-state index contributed by atoms with van der Waals surface area (Å²) in [5, 5.41) is 11.1. The molecule has 0 aromatic heterocycles. The van der Waals surface area contributed by atoms with Crippen molar-refractivity contribution in [2.24, 2.45) is 0 Å². The highest BCUT2D eigenvalue weighted by Crippen LogP contribution is 2.03. The van der Waals surface area contributed by atoms with Gasteiger partial charge in [-0.1, -0.05) is 6.07 Å². The lowest BCUT2D eigenvalue weighted by Crippen LogP contribution is -2.34. The minimum absolute atomic E-state index is 0.0537. The maximum absolute atomic E-state index is 12.9. The third-order valence-electron chi connectivity index (χ3n) is 2.31. The second-order valence-electron chi connectivity index (χ2n) is 3.68. The molecular formula is C12H14FNO4. The first-order valence-corrected chi connectivity index (χ1v) is 5.31. The van der Waals surface area contributed by atoms with E-state index in [9.17, 15) is 14.0 Å². The van der Waals surface area contributed by atoms with Gasteiger partial charge in [0.1, 0.15) is 5.82 Å². The first-order valence-electron chi connectivity index (χ1n) is 5.31. The van der Waals surface area contributed by atoms with Crippen molar-refractivity contribution in [1.29, 1.82) is 0 Å². The average Bonchev–Trinajstić information content (AvgIpc) is 2.33. The van der Waals surface area contributed by atoms with Gasteiger partial charge < -0.3 is 15.2 Å². The number of halogens is 1. The zero-order valence-electron chi connectivity index (χ0n) is 9.85. The summed E-state index contributed by atoms with van der Waals surface area (Å²) in [6, 6.07) is 5.24. The van der Waals surface area contributed by atoms with Crippen molar-refractivity contribution in [3.05, 3.63) is 35.6 Å². The molecule has 1 aromatic carbocycles. The predicted molar refractivity (Wildman–Crippen MR) is 61.8 cm³/mol. The molecule has 98 valence electrons. The van der Waals surface area contributed by atoms with E-state index in [2.05, 4.69) is 5.32 Å². The number of methoxy groups -OCH3 is 1. The highest BCUT2D eigenvalue weighted by molar-refractivity contribution is 5.94. The number of carbonyl (C=O) groups excluding carboxylic acids is 1. The number of carboxylic acid groups (broad SMARTS) is 1. The zero-order valence-corrected chi connectivity index (χ0v) is 9.85. The van der Waals surface area contributed by atoms with E-state index in [1.54, 1.807) is 0 Å². The third-order valence-corrected chi connectivity index (χ3v) is 2.31. The molecule has 1 unspecified atom stereocenters. The number of hydrogen-bond acceptors (Lipinski definition) is 3. The van der Waals surface area contributed by atoms with E-state index in [4.69, 9.17) is 9.84 Å². The van der Waals surface area contributed by atoms with Crippen LogP contribution in [0.2, 0.25) is 0 Å². The Bertz CT molecular complexity index is 436. The van der Waals surface area contributed by atoms with Gasteiger partial charge in [-0.05, 0) is 18.2 Å². The van der Waals surface area contributed by atoms with Crippen LogP contribution in [-0.4, -0.2) is 36.7 Å². The number of ether oxygens (including phenoxy) is 1. The molecule has 0 saturated carbocycles. The molecule has 0 saturated heterocycles. The normalized spacial score (nSPS) is 11.9. The second-order valence-corrected chi connectivity index (χ2v) is 3.68. The summed E-state index contributed by atoms with van der Waals surface area (Å²) in [5.41, 5.74) is 0.181. The van der Waals surface area contributed by atoms with Crippen LogP contribution in [0.3, 0.4) is 0 Å². The Morgan fingerprint density at radius 2 is 2.22 bits per heavy atom. The Morgan fingerprint density at radius 1 is 1.50 bits per heavy atom. The van der Waals surface area contributed by atoms with Crippen molar-refractivity contribution in [3.8, 4) is 0 Å². The molecule has 0 heterocycles. The van der Waals surface area contributed by atoms with Crippen molar-refractivity contribution in [2.45, 2.75) is 12.5 Å². The number of carbonyl (C=O) groups is 2. The summed E-state index contributed by atoms with van der Waals surface area (Å²) >= 11 is 0. The lowest BCUT2D eigenvalue weighted by molar-refractivity contribution is -0.139. The van der Waals surface area contributed by atoms with Gasteiger partial charge in [0.15, 0.2) is 0 Å². The minimum atomic E-state index is -1.01. The van der Waals surface area contributed by atoms with Crippen molar-refractivity contribution in [2.75, 3.05) is 13.7 Å². The van der Waals surface area contributed by atoms with Gasteiger partial charge in [-0.3, -0.25) is 9.59 Å². The molecule has 1 amide bonds. The van der Waals surface area contributed by atoms with E-state index in [0.29, 0.717) is 0 Å². The first kappa shape index (κ1) is 14.1. The Balaban J connectivity index is 2.52. The molecule has 6 heteroatoms. The number of nitrogens with one attached hydrogen (secondary N) is 1. The molecule has 2 N–H and O–H groups in total. The van der Waals surface area contributed by atoms with Crippen LogP contribution in [0.1, 0.15) is 16.8 Å². The molecule has 0 bridgehead atoms. The van der Waals surface area contributed by atoms with Crippen LogP contribution in [0.15, 0.2) is 24.3 Å². The van der Waals surface area contributed by atoms with Crippen LogP contribution in [0.25, 0.3) is 0 Å². The lowest BCUT2D eigenvalue weighted by atomic mass is 10.2. The van der Waals surface area contributed by atoms with Gasteiger partial charge in [-0.25, -0.2) is 4.39 Å². The lowest BCUT2D eigenvalue weighted by Gasteiger charge is -2.13. The highest BCUT2D eigenvalue weighted by Gasteiger charge is 2.14. The van der Waals surface area contributed by atoms with E-state index >= 15 is 0 Å². The third kappa shape index (κ3) is 4.50. The molecule has 0 aliphatic heterocycles. The minimum Gasteiger partial charge on any atom is -0.481 e. The van der Waals surface area contributed by atoms with Crippen LogP contribution < -0.4 is 5.32 Å². The fraction of sp³-hybridized carbons (Fsp3) is 0.333. The topological polar surface area (TPSA) is 75.6 Å². The van der Waals surface area contributed by atoms with Gasteiger partial charge in [0.2, 0.25) is 0 Å². The van der Waals surface area contributed by atoms with Gasteiger partial charge in [0.05, 0.1) is 12.5 Å². The smallest absolute Gasteiger partial charge is 0.306 e. The first-order chi connectivity index (χ1) is 8.52. The summed E-state index contributed by atoms with van der Waals surface area (Å²) in [6.45, 7) is 0.0537. The number of rotatable bonds is 6. The van der Waals surface area contributed by atoms with Crippen LogP contribution in [-0.2, 0) is 9.53 Å². The molecular weight excluding hydrogens is 241 g/mol.